The largest absolute Gasteiger partial charge is 0.355 e. The molecule has 3 nitrogen and oxygen atoms in total. The molecule has 0 unspecified atom stereocenters. The molecule has 1 aromatic heterocycles. The molecule has 0 amide bonds. The first kappa shape index (κ1) is 15.6. The third-order valence-corrected chi connectivity index (χ3v) is 4.30. The first-order valence-electron chi connectivity index (χ1n) is 7.84. The fourth-order valence-electron chi connectivity index (χ4n) is 2.56. The van der Waals surface area contributed by atoms with Gasteiger partial charge in [0.25, 0.3) is 0 Å². The molecular weight excluding hydrogens is 270 g/mol. The van der Waals surface area contributed by atoms with Crippen LogP contribution in [0.2, 0.25) is 5.02 Å². The predicted molar refractivity (Wildman–Crippen MR) is 86.5 cm³/mol. The van der Waals surface area contributed by atoms with Gasteiger partial charge in [-0.3, -0.25) is 0 Å². The van der Waals surface area contributed by atoms with Crippen LogP contribution in [-0.2, 0) is 6.54 Å². The average Bonchev–Trinajstić information content (AvgIpc) is 2.39. The van der Waals surface area contributed by atoms with Gasteiger partial charge in [0, 0.05) is 25.8 Å². The predicted octanol–water partition coefficient (Wildman–Crippen LogP) is 3.86. The van der Waals surface area contributed by atoms with Crippen molar-refractivity contribution in [2.24, 2.45) is 5.92 Å². The first-order chi connectivity index (χ1) is 9.74. The highest BCUT2D eigenvalue weighted by molar-refractivity contribution is 6.33. The van der Waals surface area contributed by atoms with E-state index in [4.69, 9.17) is 11.6 Å². The molecule has 20 heavy (non-hydrogen) atoms. The summed E-state index contributed by atoms with van der Waals surface area (Å²) in [6.07, 6.45) is 7.18. The van der Waals surface area contributed by atoms with Crippen molar-refractivity contribution in [3.05, 3.63) is 22.8 Å². The molecule has 1 saturated carbocycles. The lowest BCUT2D eigenvalue weighted by Crippen LogP contribution is -2.33. The Morgan fingerprint density at radius 1 is 1.40 bits per heavy atom. The van der Waals surface area contributed by atoms with E-state index in [9.17, 15) is 0 Å². The van der Waals surface area contributed by atoms with E-state index in [1.807, 2.05) is 6.20 Å². The standard InChI is InChI=1S/C16H26ClN3/c1-3-8-18-10-14-9-15(17)16(19-11-14)20(4-2)12-13-6-5-7-13/h9,11,13,18H,3-8,10,12H2,1-2H3. The summed E-state index contributed by atoms with van der Waals surface area (Å²) in [6.45, 7) is 8.28. The van der Waals surface area contributed by atoms with Gasteiger partial charge in [-0.25, -0.2) is 4.98 Å². The van der Waals surface area contributed by atoms with Gasteiger partial charge < -0.3 is 10.2 Å². The minimum Gasteiger partial charge on any atom is -0.355 e. The second-order valence-electron chi connectivity index (χ2n) is 5.66. The summed E-state index contributed by atoms with van der Waals surface area (Å²) < 4.78 is 0. The summed E-state index contributed by atoms with van der Waals surface area (Å²) in [5, 5.41) is 4.16. The van der Waals surface area contributed by atoms with E-state index in [0.29, 0.717) is 0 Å². The molecule has 0 bridgehead atoms. The van der Waals surface area contributed by atoms with E-state index in [1.54, 1.807) is 0 Å². The third kappa shape index (κ3) is 4.10. The normalized spacial score (nSPS) is 15.2. The molecular formula is C16H26ClN3. The molecule has 4 heteroatoms. The highest BCUT2D eigenvalue weighted by atomic mass is 35.5. The molecule has 1 aromatic rings. The maximum absolute atomic E-state index is 6.43. The number of aromatic nitrogens is 1. The average molecular weight is 296 g/mol. The Hall–Kier alpha value is -0.800. The van der Waals surface area contributed by atoms with Crippen LogP contribution < -0.4 is 10.2 Å². The quantitative estimate of drug-likeness (QED) is 0.738. The van der Waals surface area contributed by atoms with Crippen molar-refractivity contribution in [1.82, 2.24) is 10.3 Å². The topological polar surface area (TPSA) is 28.2 Å². The molecule has 1 aliphatic rings. The Labute approximate surface area is 127 Å². The molecule has 1 aliphatic carbocycles. The molecule has 1 N–H and O–H groups in total. The summed E-state index contributed by atoms with van der Waals surface area (Å²) in [5.74, 6) is 1.78. The Balaban J connectivity index is 1.98. The zero-order valence-corrected chi connectivity index (χ0v) is 13.4. The third-order valence-electron chi connectivity index (χ3n) is 4.02. The van der Waals surface area contributed by atoms with E-state index in [1.165, 1.54) is 19.3 Å². The van der Waals surface area contributed by atoms with Gasteiger partial charge in [-0.15, -0.1) is 0 Å². The van der Waals surface area contributed by atoms with Gasteiger partial charge in [-0.1, -0.05) is 24.9 Å². The van der Waals surface area contributed by atoms with Crippen LogP contribution in [0.5, 0.6) is 0 Å². The van der Waals surface area contributed by atoms with E-state index in [2.05, 4.69) is 35.1 Å². The van der Waals surface area contributed by atoms with Crippen LogP contribution >= 0.6 is 11.6 Å². The van der Waals surface area contributed by atoms with Gasteiger partial charge >= 0.3 is 0 Å². The van der Waals surface area contributed by atoms with Crippen molar-refractivity contribution in [2.45, 2.75) is 46.1 Å². The van der Waals surface area contributed by atoms with Crippen molar-refractivity contribution in [3.63, 3.8) is 0 Å². The Morgan fingerprint density at radius 2 is 2.20 bits per heavy atom. The van der Waals surface area contributed by atoms with Crippen LogP contribution in [0.25, 0.3) is 0 Å². The molecule has 1 fully saturated rings. The van der Waals surface area contributed by atoms with Crippen LogP contribution in [0, 0.1) is 5.92 Å². The van der Waals surface area contributed by atoms with Gasteiger partial charge in [-0.2, -0.15) is 0 Å². The fraction of sp³-hybridized carbons (Fsp3) is 0.688. The molecule has 0 radical (unpaired) electrons. The van der Waals surface area contributed by atoms with Crippen LogP contribution in [-0.4, -0.2) is 24.6 Å². The van der Waals surface area contributed by atoms with E-state index >= 15 is 0 Å². The molecule has 0 spiro atoms. The highest BCUT2D eigenvalue weighted by Crippen LogP contribution is 2.30. The van der Waals surface area contributed by atoms with Crippen LogP contribution in [0.15, 0.2) is 12.3 Å². The van der Waals surface area contributed by atoms with E-state index < -0.39 is 0 Å². The van der Waals surface area contributed by atoms with Crippen LogP contribution in [0.3, 0.4) is 0 Å². The van der Waals surface area contributed by atoms with Gasteiger partial charge in [-0.05, 0) is 50.3 Å². The minimum absolute atomic E-state index is 0.780. The van der Waals surface area contributed by atoms with Gasteiger partial charge in [0.05, 0.1) is 5.02 Å². The lowest BCUT2D eigenvalue weighted by Gasteiger charge is -2.32. The van der Waals surface area contributed by atoms with E-state index in [0.717, 1.165) is 54.9 Å². The molecule has 0 atom stereocenters. The fourth-order valence-corrected chi connectivity index (χ4v) is 2.87. The molecule has 0 saturated heterocycles. The second kappa shape index (κ2) is 7.84. The smallest absolute Gasteiger partial charge is 0.147 e. The summed E-state index contributed by atoms with van der Waals surface area (Å²) in [6, 6.07) is 2.05. The summed E-state index contributed by atoms with van der Waals surface area (Å²) in [5.41, 5.74) is 1.16. The Morgan fingerprint density at radius 3 is 2.75 bits per heavy atom. The first-order valence-corrected chi connectivity index (χ1v) is 8.22. The monoisotopic (exact) mass is 295 g/mol. The lowest BCUT2D eigenvalue weighted by molar-refractivity contribution is 0.318. The number of nitrogens with zero attached hydrogens (tertiary/aromatic N) is 2. The van der Waals surface area contributed by atoms with Crippen molar-refractivity contribution >= 4 is 17.4 Å². The highest BCUT2D eigenvalue weighted by Gasteiger charge is 2.21. The molecule has 0 aromatic carbocycles. The molecule has 1 heterocycles. The number of hydrogen-bond donors (Lipinski definition) is 1. The summed E-state index contributed by atoms with van der Waals surface area (Å²) in [7, 11) is 0. The maximum atomic E-state index is 6.43. The van der Waals surface area contributed by atoms with Crippen LogP contribution in [0.4, 0.5) is 5.82 Å². The zero-order chi connectivity index (χ0) is 14.4. The van der Waals surface area contributed by atoms with Crippen molar-refractivity contribution in [2.75, 3.05) is 24.5 Å². The van der Waals surface area contributed by atoms with Crippen LogP contribution in [0.1, 0.15) is 45.1 Å². The number of nitrogens with one attached hydrogen (secondary N) is 1. The molecule has 112 valence electrons. The van der Waals surface area contributed by atoms with Gasteiger partial charge in [0.15, 0.2) is 0 Å². The molecule has 0 aliphatic heterocycles. The Bertz CT molecular complexity index is 418. The van der Waals surface area contributed by atoms with Crippen molar-refractivity contribution in [1.29, 1.82) is 0 Å². The number of anilines is 1. The number of hydrogen-bond acceptors (Lipinski definition) is 3. The van der Waals surface area contributed by atoms with Crippen molar-refractivity contribution < 1.29 is 0 Å². The number of halogens is 1. The number of pyridine rings is 1. The Kier molecular flexibility index (Phi) is 6.11. The second-order valence-corrected chi connectivity index (χ2v) is 6.07. The van der Waals surface area contributed by atoms with E-state index in [-0.39, 0.29) is 0 Å². The van der Waals surface area contributed by atoms with Gasteiger partial charge in [0.1, 0.15) is 5.82 Å². The van der Waals surface area contributed by atoms with Gasteiger partial charge in [0.2, 0.25) is 0 Å². The summed E-state index contributed by atoms with van der Waals surface area (Å²) >= 11 is 6.43. The minimum atomic E-state index is 0.780. The SMILES string of the molecule is CCCNCc1cnc(N(CC)CC2CCC2)c(Cl)c1. The summed E-state index contributed by atoms with van der Waals surface area (Å²) in [4.78, 5) is 6.91. The number of rotatable bonds is 8. The molecule has 2 rings (SSSR count). The lowest BCUT2D eigenvalue weighted by atomic mass is 9.85. The zero-order valence-electron chi connectivity index (χ0n) is 12.7. The van der Waals surface area contributed by atoms with Crippen molar-refractivity contribution in [3.8, 4) is 0 Å². The maximum Gasteiger partial charge on any atom is 0.147 e.